The molecule has 1 N–H and O–H groups in total. The number of rotatable bonds is 1. The fourth-order valence-corrected chi connectivity index (χ4v) is 3.52. The second-order valence-corrected chi connectivity index (χ2v) is 6.30. The molecule has 0 aliphatic carbocycles. The molecule has 102 valence electrons. The summed E-state index contributed by atoms with van der Waals surface area (Å²) in [6, 6.07) is 16.4. The molecule has 4 aromatic rings. The SMILES string of the molecule is S=c1[nH]c2cnc3ccccc3c2n1-c1ccccc1I. The molecular formula is C16H10IN3S. The first-order valence-corrected chi connectivity index (χ1v) is 7.98. The third-order valence-electron chi connectivity index (χ3n) is 3.51. The maximum atomic E-state index is 5.53. The quantitative estimate of drug-likeness (QED) is 0.365. The highest BCUT2D eigenvalue weighted by Gasteiger charge is 2.12. The molecule has 0 bridgehead atoms. The van der Waals surface area contributed by atoms with Crippen LogP contribution in [-0.2, 0) is 0 Å². The first kappa shape index (κ1) is 13.0. The highest BCUT2D eigenvalue weighted by atomic mass is 127. The summed E-state index contributed by atoms with van der Waals surface area (Å²) in [7, 11) is 0. The summed E-state index contributed by atoms with van der Waals surface area (Å²) in [4.78, 5) is 7.74. The van der Waals surface area contributed by atoms with Crippen LogP contribution in [0.3, 0.4) is 0 Å². The largest absolute Gasteiger partial charge is 0.329 e. The maximum absolute atomic E-state index is 5.53. The smallest absolute Gasteiger partial charge is 0.182 e. The minimum atomic E-state index is 0.687. The van der Waals surface area contributed by atoms with Crippen LogP contribution >= 0.6 is 34.8 Å². The molecular weight excluding hydrogens is 393 g/mol. The lowest BCUT2D eigenvalue weighted by atomic mass is 10.2. The number of hydrogen-bond donors (Lipinski definition) is 1. The number of H-pyrrole nitrogens is 1. The van der Waals surface area contributed by atoms with Crippen LogP contribution in [0.1, 0.15) is 0 Å². The van der Waals surface area contributed by atoms with E-state index < -0.39 is 0 Å². The summed E-state index contributed by atoms with van der Waals surface area (Å²) in [6.45, 7) is 0. The molecule has 0 amide bonds. The maximum Gasteiger partial charge on any atom is 0.182 e. The Morgan fingerprint density at radius 2 is 1.81 bits per heavy atom. The van der Waals surface area contributed by atoms with Crippen molar-refractivity contribution < 1.29 is 0 Å². The molecule has 4 rings (SSSR count). The molecule has 2 heterocycles. The van der Waals surface area contributed by atoms with Crippen LogP contribution in [-0.4, -0.2) is 14.5 Å². The van der Waals surface area contributed by atoms with Crippen molar-refractivity contribution in [3.8, 4) is 5.69 Å². The first-order valence-electron chi connectivity index (χ1n) is 6.49. The Labute approximate surface area is 139 Å². The third kappa shape index (κ3) is 1.99. The topological polar surface area (TPSA) is 33.6 Å². The van der Waals surface area contributed by atoms with Gasteiger partial charge >= 0.3 is 0 Å². The lowest BCUT2D eigenvalue weighted by Crippen LogP contribution is -1.97. The lowest BCUT2D eigenvalue weighted by molar-refractivity contribution is 1.06. The monoisotopic (exact) mass is 403 g/mol. The van der Waals surface area contributed by atoms with E-state index in [1.807, 2.05) is 36.5 Å². The predicted molar refractivity (Wildman–Crippen MR) is 96.5 cm³/mol. The Bertz CT molecular complexity index is 1030. The molecule has 0 fully saturated rings. The van der Waals surface area contributed by atoms with Crippen LogP contribution in [0.25, 0.3) is 27.6 Å². The van der Waals surface area contributed by atoms with E-state index in [0.717, 1.165) is 31.2 Å². The zero-order valence-corrected chi connectivity index (χ0v) is 13.9. The van der Waals surface area contributed by atoms with E-state index in [0.29, 0.717) is 4.77 Å². The Balaban J connectivity index is 2.24. The lowest BCUT2D eigenvalue weighted by Gasteiger charge is -2.08. The van der Waals surface area contributed by atoms with Crippen molar-refractivity contribution in [2.24, 2.45) is 0 Å². The van der Waals surface area contributed by atoms with Crippen molar-refractivity contribution in [1.82, 2.24) is 14.5 Å². The van der Waals surface area contributed by atoms with Gasteiger partial charge in [-0.05, 0) is 53.0 Å². The van der Waals surface area contributed by atoms with Gasteiger partial charge in [0.25, 0.3) is 0 Å². The van der Waals surface area contributed by atoms with E-state index in [9.17, 15) is 0 Å². The summed E-state index contributed by atoms with van der Waals surface area (Å²) in [6.07, 6.45) is 1.85. The van der Waals surface area contributed by atoms with Crippen molar-refractivity contribution in [3.05, 3.63) is 63.1 Å². The van der Waals surface area contributed by atoms with Crippen molar-refractivity contribution in [3.63, 3.8) is 0 Å². The molecule has 5 heteroatoms. The van der Waals surface area contributed by atoms with E-state index in [2.05, 4.69) is 55.3 Å². The Morgan fingerprint density at radius 3 is 2.67 bits per heavy atom. The van der Waals surface area contributed by atoms with Crippen LogP contribution in [0, 0.1) is 8.34 Å². The van der Waals surface area contributed by atoms with Gasteiger partial charge in [0, 0.05) is 8.96 Å². The molecule has 3 nitrogen and oxygen atoms in total. The number of aromatic nitrogens is 3. The Hall–Kier alpha value is -1.73. The van der Waals surface area contributed by atoms with Crippen LogP contribution < -0.4 is 0 Å². The van der Waals surface area contributed by atoms with E-state index in [4.69, 9.17) is 12.2 Å². The van der Waals surface area contributed by atoms with Gasteiger partial charge in [0.2, 0.25) is 0 Å². The molecule has 0 atom stereocenters. The van der Waals surface area contributed by atoms with Crippen LogP contribution in [0.15, 0.2) is 54.7 Å². The van der Waals surface area contributed by atoms with Gasteiger partial charge < -0.3 is 4.98 Å². The summed E-state index contributed by atoms with van der Waals surface area (Å²) in [5, 5.41) is 1.10. The number of nitrogens with zero attached hydrogens (tertiary/aromatic N) is 2. The average Bonchev–Trinajstić information content (AvgIpc) is 2.84. The number of nitrogens with one attached hydrogen (secondary N) is 1. The molecule has 0 aliphatic heterocycles. The minimum Gasteiger partial charge on any atom is -0.329 e. The van der Waals surface area contributed by atoms with E-state index >= 15 is 0 Å². The van der Waals surface area contributed by atoms with Crippen LogP contribution in [0.5, 0.6) is 0 Å². The fourth-order valence-electron chi connectivity index (χ4n) is 2.59. The number of aromatic amines is 1. The van der Waals surface area contributed by atoms with Gasteiger partial charge in [-0.1, -0.05) is 30.3 Å². The average molecular weight is 403 g/mol. The molecule has 0 spiro atoms. The second-order valence-electron chi connectivity index (χ2n) is 4.75. The Morgan fingerprint density at radius 1 is 1.05 bits per heavy atom. The van der Waals surface area contributed by atoms with E-state index in [-0.39, 0.29) is 0 Å². The van der Waals surface area contributed by atoms with E-state index in [1.54, 1.807) is 0 Å². The summed E-state index contributed by atoms with van der Waals surface area (Å²) in [5.74, 6) is 0. The van der Waals surface area contributed by atoms with Gasteiger partial charge in [-0.3, -0.25) is 9.55 Å². The normalized spacial score (nSPS) is 11.3. The van der Waals surface area contributed by atoms with Crippen LogP contribution in [0.2, 0.25) is 0 Å². The van der Waals surface area contributed by atoms with E-state index in [1.165, 1.54) is 0 Å². The van der Waals surface area contributed by atoms with Gasteiger partial charge in [0.15, 0.2) is 4.77 Å². The number of fused-ring (bicyclic) bond motifs is 3. The number of para-hydroxylation sites is 2. The summed E-state index contributed by atoms with van der Waals surface area (Å²) in [5.41, 5.74) is 4.09. The molecule has 0 radical (unpaired) electrons. The Kier molecular flexibility index (Phi) is 3.04. The number of pyridine rings is 1. The van der Waals surface area contributed by atoms with Gasteiger partial charge in [-0.25, -0.2) is 0 Å². The van der Waals surface area contributed by atoms with Crippen LogP contribution in [0.4, 0.5) is 0 Å². The van der Waals surface area contributed by atoms with Gasteiger partial charge in [0.1, 0.15) is 0 Å². The van der Waals surface area contributed by atoms with Gasteiger partial charge in [-0.15, -0.1) is 0 Å². The molecule has 2 aromatic carbocycles. The van der Waals surface area contributed by atoms with Gasteiger partial charge in [0.05, 0.1) is 28.4 Å². The fraction of sp³-hybridized carbons (Fsp3) is 0. The van der Waals surface area contributed by atoms with Crippen molar-refractivity contribution >= 4 is 56.7 Å². The van der Waals surface area contributed by atoms with Gasteiger partial charge in [-0.2, -0.15) is 0 Å². The van der Waals surface area contributed by atoms with Crippen molar-refractivity contribution in [2.75, 3.05) is 0 Å². The van der Waals surface area contributed by atoms with Crippen molar-refractivity contribution in [2.45, 2.75) is 0 Å². The zero-order valence-electron chi connectivity index (χ0n) is 10.9. The molecule has 0 saturated heterocycles. The number of halogens is 1. The molecule has 21 heavy (non-hydrogen) atoms. The number of hydrogen-bond acceptors (Lipinski definition) is 2. The zero-order chi connectivity index (χ0) is 14.4. The van der Waals surface area contributed by atoms with Crippen molar-refractivity contribution in [1.29, 1.82) is 0 Å². The molecule has 2 aromatic heterocycles. The first-order chi connectivity index (χ1) is 10.3. The highest BCUT2D eigenvalue weighted by molar-refractivity contribution is 14.1. The highest BCUT2D eigenvalue weighted by Crippen LogP contribution is 2.28. The second kappa shape index (κ2) is 4.92. The third-order valence-corrected chi connectivity index (χ3v) is 4.71. The summed E-state index contributed by atoms with van der Waals surface area (Å²) < 4.78 is 3.94. The molecule has 0 aliphatic rings. The number of imidazole rings is 1. The molecule has 0 unspecified atom stereocenters. The standard InChI is InChI=1S/C16H10IN3S/c17-11-6-2-4-8-14(11)20-15-10-5-1-3-7-12(10)18-9-13(15)19-16(20)21/h1-9H,(H,19,21). The predicted octanol–water partition coefficient (Wildman–Crippen LogP) is 4.84. The molecule has 0 saturated carbocycles. The summed E-state index contributed by atoms with van der Waals surface area (Å²) >= 11 is 7.87. The minimum absolute atomic E-state index is 0.687. The number of benzene rings is 2.